The van der Waals surface area contributed by atoms with E-state index in [1.165, 1.54) is 19.3 Å². The summed E-state index contributed by atoms with van der Waals surface area (Å²) in [5.74, 6) is 1.04. The van der Waals surface area contributed by atoms with Crippen LogP contribution in [-0.2, 0) is 0 Å². The molecule has 0 aromatic carbocycles. The molecule has 1 aromatic heterocycles. The molecule has 1 fully saturated rings. The van der Waals surface area contributed by atoms with Gasteiger partial charge in [0.15, 0.2) is 4.67 Å². The molecular weight excluding hydrogens is 304 g/mol. The summed E-state index contributed by atoms with van der Waals surface area (Å²) in [6.45, 7) is 9.01. The first-order chi connectivity index (χ1) is 9.08. The molecule has 0 saturated carbocycles. The zero-order valence-electron chi connectivity index (χ0n) is 12.2. The first-order valence-corrected chi connectivity index (χ1v) is 8.11. The highest BCUT2D eigenvalue weighted by Crippen LogP contribution is 2.27. The smallest absolute Gasteiger partial charge is 0.169 e. The molecule has 3 nitrogen and oxygen atoms in total. The van der Waals surface area contributed by atoms with Crippen LogP contribution in [0.3, 0.4) is 0 Å². The molecule has 0 aliphatic carbocycles. The standard InChI is InChI=1S/C15H25BrN2O/c1-11(2)18(10-13-6-4-5-9-17-13)12(3)14-7-8-15(16)19-14/h7-8,11-13,17H,4-6,9-10H2,1-3H3. The average Bonchev–Trinajstić information content (AvgIpc) is 2.83. The summed E-state index contributed by atoms with van der Waals surface area (Å²) in [5, 5.41) is 3.63. The normalized spacial score (nSPS) is 22.1. The maximum Gasteiger partial charge on any atom is 0.169 e. The third-order valence-corrected chi connectivity index (χ3v) is 4.44. The molecule has 108 valence electrons. The van der Waals surface area contributed by atoms with Crippen molar-refractivity contribution in [1.29, 1.82) is 0 Å². The molecule has 2 rings (SSSR count). The van der Waals surface area contributed by atoms with Crippen molar-refractivity contribution in [1.82, 2.24) is 10.2 Å². The molecule has 1 aromatic rings. The second-order valence-electron chi connectivity index (χ2n) is 5.76. The van der Waals surface area contributed by atoms with Crippen molar-refractivity contribution < 1.29 is 4.42 Å². The molecule has 1 aliphatic rings. The van der Waals surface area contributed by atoms with E-state index < -0.39 is 0 Å². The van der Waals surface area contributed by atoms with Gasteiger partial charge in [-0.3, -0.25) is 4.90 Å². The summed E-state index contributed by atoms with van der Waals surface area (Å²) in [7, 11) is 0. The van der Waals surface area contributed by atoms with Gasteiger partial charge in [0.25, 0.3) is 0 Å². The molecule has 0 spiro atoms. The Morgan fingerprint density at radius 3 is 2.68 bits per heavy atom. The van der Waals surface area contributed by atoms with Gasteiger partial charge >= 0.3 is 0 Å². The summed E-state index contributed by atoms with van der Waals surface area (Å²) in [4.78, 5) is 2.52. The Balaban J connectivity index is 2.02. The lowest BCUT2D eigenvalue weighted by atomic mass is 10.0. The molecular formula is C15H25BrN2O. The number of halogens is 1. The molecule has 1 aliphatic heterocycles. The zero-order chi connectivity index (χ0) is 13.8. The fourth-order valence-corrected chi connectivity index (χ4v) is 3.19. The van der Waals surface area contributed by atoms with Crippen LogP contribution in [0.2, 0.25) is 0 Å². The number of furan rings is 1. The van der Waals surface area contributed by atoms with Crippen LogP contribution in [0.1, 0.15) is 51.8 Å². The average molecular weight is 329 g/mol. The lowest BCUT2D eigenvalue weighted by molar-refractivity contribution is 0.123. The molecule has 1 saturated heterocycles. The third-order valence-electron chi connectivity index (χ3n) is 4.01. The fraction of sp³-hybridized carbons (Fsp3) is 0.733. The monoisotopic (exact) mass is 328 g/mol. The fourth-order valence-electron chi connectivity index (χ4n) is 2.87. The first kappa shape index (κ1) is 15.1. The van der Waals surface area contributed by atoms with Crippen LogP contribution in [0.4, 0.5) is 0 Å². The number of hydrogen-bond acceptors (Lipinski definition) is 3. The Morgan fingerprint density at radius 1 is 1.37 bits per heavy atom. The van der Waals surface area contributed by atoms with E-state index in [4.69, 9.17) is 4.42 Å². The number of nitrogens with zero attached hydrogens (tertiary/aromatic N) is 1. The maximum atomic E-state index is 5.72. The molecule has 0 amide bonds. The Labute approximate surface area is 124 Å². The van der Waals surface area contributed by atoms with Gasteiger partial charge in [-0.2, -0.15) is 0 Å². The number of piperidine rings is 1. The minimum Gasteiger partial charge on any atom is -0.453 e. The number of nitrogens with one attached hydrogen (secondary N) is 1. The zero-order valence-corrected chi connectivity index (χ0v) is 13.7. The highest BCUT2D eigenvalue weighted by molar-refractivity contribution is 9.10. The van der Waals surface area contributed by atoms with Crippen LogP contribution in [0.15, 0.2) is 21.2 Å². The van der Waals surface area contributed by atoms with Gasteiger partial charge in [0.1, 0.15) is 5.76 Å². The molecule has 4 heteroatoms. The van der Waals surface area contributed by atoms with Crippen LogP contribution in [0.5, 0.6) is 0 Å². The SMILES string of the molecule is CC(C)N(CC1CCCCN1)C(C)c1ccc(Br)o1. The minimum atomic E-state index is 0.315. The number of rotatable bonds is 5. The first-order valence-electron chi connectivity index (χ1n) is 7.32. The highest BCUT2D eigenvalue weighted by atomic mass is 79.9. The van der Waals surface area contributed by atoms with E-state index >= 15 is 0 Å². The van der Waals surface area contributed by atoms with Gasteiger partial charge < -0.3 is 9.73 Å². The summed E-state index contributed by atoms with van der Waals surface area (Å²) >= 11 is 3.39. The van der Waals surface area contributed by atoms with Crippen molar-refractivity contribution in [2.75, 3.05) is 13.1 Å². The molecule has 2 unspecified atom stereocenters. The van der Waals surface area contributed by atoms with Crippen molar-refractivity contribution in [2.45, 2.75) is 58.2 Å². The topological polar surface area (TPSA) is 28.4 Å². The molecule has 0 bridgehead atoms. The van der Waals surface area contributed by atoms with Crippen LogP contribution in [0.25, 0.3) is 0 Å². The lowest BCUT2D eigenvalue weighted by Gasteiger charge is -2.36. The molecule has 19 heavy (non-hydrogen) atoms. The van der Waals surface area contributed by atoms with Crippen LogP contribution < -0.4 is 5.32 Å². The molecule has 0 radical (unpaired) electrons. The second-order valence-corrected chi connectivity index (χ2v) is 6.54. The van der Waals surface area contributed by atoms with Crippen molar-refractivity contribution in [3.05, 3.63) is 22.6 Å². The van der Waals surface area contributed by atoms with E-state index in [0.29, 0.717) is 18.1 Å². The van der Waals surface area contributed by atoms with E-state index in [0.717, 1.165) is 23.5 Å². The molecule has 1 N–H and O–H groups in total. The van der Waals surface area contributed by atoms with Crippen LogP contribution in [0, 0.1) is 0 Å². The predicted molar refractivity (Wildman–Crippen MR) is 82.3 cm³/mol. The summed E-state index contributed by atoms with van der Waals surface area (Å²) < 4.78 is 6.53. The van der Waals surface area contributed by atoms with E-state index in [1.54, 1.807) is 0 Å². The Hall–Kier alpha value is -0.320. The molecule has 2 heterocycles. The van der Waals surface area contributed by atoms with Crippen molar-refractivity contribution in [2.24, 2.45) is 0 Å². The van der Waals surface area contributed by atoms with Gasteiger partial charge in [-0.1, -0.05) is 6.42 Å². The Bertz CT molecular complexity index is 385. The van der Waals surface area contributed by atoms with E-state index in [2.05, 4.69) is 53.0 Å². The van der Waals surface area contributed by atoms with Gasteiger partial charge in [0.2, 0.25) is 0 Å². The Morgan fingerprint density at radius 2 is 2.16 bits per heavy atom. The van der Waals surface area contributed by atoms with Gasteiger partial charge in [-0.05, 0) is 68.2 Å². The third kappa shape index (κ3) is 4.07. The second kappa shape index (κ2) is 6.91. The minimum absolute atomic E-state index is 0.315. The van der Waals surface area contributed by atoms with Gasteiger partial charge in [0, 0.05) is 18.6 Å². The van der Waals surface area contributed by atoms with Gasteiger partial charge in [-0.15, -0.1) is 0 Å². The molecule has 2 atom stereocenters. The summed E-state index contributed by atoms with van der Waals surface area (Å²) in [6.07, 6.45) is 3.96. The number of hydrogen-bond donors (Lipinski definition) is 1. The maximum absolute atomic E-state index is 5.72. The van der Waals surface area contributed by atoms with Crippen LogP contribution in [-0.4, -0.2) is 30.1 Å². The van der Waals surface area contributed by atoms with E-state index in [1.807, 2.05) is 6.07 Å². The van der Waals surface area contributed by atoms with Gasteiger partial charge in [0.05, 0.1) is 6.04 Å². The predicted octanol–water partition coefficient (Wildman–Crippen LogP) is 3.96. The summed E-state index contributed by atoms with van der Waals surface area (Å²) in [5.41, 5.74) is 0. The Kier molecular flexibility index (Phi) is 5.48. The quantitative estimate of drug-likeness (QED) is 0.886. The summed E-state index contributed by atoms with van der Waals surface area (Å²) in [6, 6.07) is 5.50. The van der Waals surface area contributed by atoms with Crippen LogP contribution >= 0.6 is 15.9 Å². The van der Waals surface area contributed by atoms with Crippen molar-refractivity contribution >= 4 is 15.9 Å². The van der Waals surface area contributed by atoms with Gasteiger partial charge in [-0.25, -0.2) is 0 Å². The van der Waals surface area contributed by atoms with E-state index in [-0.39, 0.29) is 0 Å². The largest absolute Gasteiger partial charge is 0.453 e. The van der Waals surface area contributed by atoms with Crippen molar-refractivity contribution in [3.8, 4) is 0 Å². The van der Waals surface area contributed by atoms with E-state index in [9.17, 15) is 0 Å². The highest BCUT2D eigenvalue weighted by Gasteiger charge is 2.25. The van der Waals surface area contributed by atoms with Crippen molar-refractivity contribution in [3.63, 3.8) is 0 Å². The lowest BCUT2D eigenvalue weighted by Crippen LogP contribution is -2.46.